The molecule has 0 amide bonds. The molecule has 0 bridgehead atoms. The van der Waals surface area contributed by atoms with Gasteiger partial charge in [0.05, 0.1) is 11.9 Å². The van der Waals surface area contributed by atoms with Crippen LogP contribution < -0.4 is 5.32 Å². The zero-order chi connectivity index (χ0) is 12.3. The molecule has 0 unspecified atom stereocenters. The van der Waals surface area contributed by atoms with Crippen molar-refractivity contribution in [2.45, 2.75) is 20.0 Å². The van der Waals surface area contributed by atoms with Crippen LogP contribution >= 0.6 is 15.9 Å². The summed E-state index contributed by atoms with van der Waals surface area (Å²) in [6.45, 7) is 3.43. The quantitative estimate of drug-likeness (QED) is 0.937. The van der Waals surface area contributed by atoms with Crippen molar-refractivity contribution in [3.05, 3.63) is 46.4 Å². The Morgan fingerprint density at radius 1 is 1.47 bits per heavy atom. The third-order valence-electron chi connectivity index (χ3n) is 2.45. The summed E-state index contributed by atoms with van der Waals surface area (Å²) in [5.74, 6) is -0.228. The third kappa shape index (κ3) is 3.06. The molecule has 5 heteroatoms. The van der Waals surface area contributed by atoms with E-state index >= 15 is 0 Å². The van der Waals surface area contributed by atoms with E-state index in [2.05, 4.69) is 26.3 Å². The number of nitrogens with one attached hydrogen (secondary N) is 1. The number of rotatable bonds is 4. The zero-order valence-corrected chi connectivity index (χ0v) is 11.0. The molecule has 2 rings (SSSR count). The van der Waals surface area contributed by atoms with Crippen molar-refractivity contribution in [1.82, 2.24) is 9.78 Å². The molecule has 0 saturated heterocycles. The molecule has 90 valence electrons. The van der Waals surface area contributed by atoms with Gasteiger partial charge in [-0.1, -0.05) is 15.9 Å². The molecule has 0 spiro atoms. The van der Waals surface area contributed by atoms with Crippen molar-refractivity contribution >= 4 is 21.6 Å². The predicted molar refractivity (Wildman–Crippen MR) is 69.3 cm³/mol. The number of hydrogen-bond donors (Lipinski definition) is 1. The highest BCUT2D eigenvalue weighted by Crippen LogP contribution is 2.19. The Bertz CT molecular complexity index is 510. The largest absolute Gasteiger partial charge is 0.378 e. The maximum atomic E-state index is 13.1. The molecule has 0 aliphatic rings. The second-order valence-electron chi connectivity index (χ2n) is 3.67. The minimum Gasteiger partial charge on any atom is -0.378 e. The number of hydrogen-bond acceptors (Lipinski definition) is 2. The van der Waals surface area contributed by atoms with E-state index in [-0.39, 0.29) is 5.82 Å². The molecule has 0 atom stereocenters. The molecule has 2 aromatic rings. The second-order valence-corrected chi connectivity index (χ2v) is 4.53. The fourth-order valence-electron chi connectivity index (χ4n) is 1.50. The van der Waals surface area contributed by atoms with Crippen molar-refractivity contribution in [3.63, 3.8) is 0 Å². The van der Waals surface area contributed by atoms with Gasteiger partial charge in [-0.3, -0.25) is 4.68 Å². The number of anilines is 1. The summed E-state index contributed by atoms with van der Waals surface area (Å²) in [7, 11) is 0. The van der Waals surface area contributed by atoms with Crippen molar-refractivity contribution < 1.29 is 4.39 Å². The average Bonchev–Trinajstić information content (AvgIpc) is 2.78. The molecule has 0 fully saturated rings. The molecule has 0 radical (unpaired) electrons. The Kier molecular flexibility index (Phi) is 3.78. The molecule has 1 N–H and O–H groups in total. The van der Waals surface area contributed by atoms with Crippen LogP contribution in [0.1, 0.15) is 12.5 Å². The third-order valence-corrected chi connectivity index (χ3v) is 3.22. The SMILES string of the molecule is CCn1cc(NCc2cc(F)ccc2Br)cn1. The highest BCUT2D eigenvalue weighted by molar-refractivity contribution is 9.10. The minimum atomic E-state index is -0.228. The Morgan fingerprint density at radius 3 is 3.00 bits per heavy atom. The van der Waals surface area contributed by atoms with Crippen LogP contribution in [0.25, 0.3) is 0 Å². The Balaban J connectivity index is 2.04. The summed E-state index contributed by atoms with van der Waals surface area (Å²) in [5, 5.41) is 7.36. The minimum absolute atomic E-state index is 0.228. The fraction of sp³-hybridized carbons (Fsp3) is 0.250. The van der Waals surface area contributed by atoms with E-state index in [0.717, 1.165) is 22.3 Å². The van der Waals surface area contributed by atoms with Crippen molar-refractivity contribution in [3.8, 4) is 0 Å². The molecular weight excluding hydrogens is 285 g/mol. The Labute approximate surface area is 108 Å². The molecule has 0 saturated carbocycles. The summed E-state index contributed by atoms with van der Waals surface area (Å²) in [5.41, 5.74) is 1.82. The van der Waals surface area contributed by atoms with Crippen LogP contribution in [0.15, 0.2) is 35.1 Å². The van der Waals surface area contributed by atoms with Gasteiger partial charge in [0, 0.05) is 23.8 Å². The lowest BCUT2D eigenvalue weighted by molar-refractivity contribution is 0.625. The van der Waals surface area contributed by atoms with E-state index < -0.39 is 0 Å². The summed E-state index contributed by atoms with van der Waals surface area (Å²) in [4.78, 5) is 0. The maximum absolute atomic E-state index is 13.1. The van der Waals surface area contributed by atoms with Gasteiger partial charge in [0.2, 0.25) is 0 Å². The highest BCUT2D eigenvalue weighted by Gasteiger charge is 2.02. The second kappa shape index (κ2) is 5.31. The number of halogens is 2. The number of aromatic nitrogens is 2. The number of benzene rings is 1. The van der Waals surface area contributed by atoms with E-state index in [1.54, 1.807) is 12.3 Å². The van der Waals surface area contributed by atoms with Crippen LogP contribution in [0, 0.1) is 5.82 Å². The molecule has 0 aliphatic heterocycles. The molecular formula is C12H13BrFN3. The van der Waals surface area contributed by atoms with Gasteiger partial charge in [-0.25, -0.2) is 4.39 Å². The summed E-state index contributed by atoms with van der Waals surface area (Å²) in [6.07, 6.45) is 3.68. The van der Waals surface area contributed by atoms with Crippen LogP contribution in [0.2, 0.25) is 0 Å². The molecule has 1 aromatic heterocycles. The zero-order valence-electron chi connectivity index (χ0n) is 9.45. The van der Waals surface area contributed by atoms with Crippen LogP contribution in [0.5, 0.6) is 0 Å². The molecule has 3 nitrogen and oxygen atoms in total. The molecule has 17 heavy (non-hydrogen) atoms. The average molecular weight is 298 g/mol. The first kappa shape index (κ1) is 12.1. The van der Waals surface area contributed by atoms with E-state index in [1.807, 2.05) is 17.8 Å². The maximum Gasteiger partial charge on any atom is 0.123 e. The smallest absolute Gasteiger partial charge is 0.123 e. The van der Waals surface area contributed by atoms with E-state index in [0.29, 0.717) is 6.54 Å². The summed E-state index contributed by atoms with van der Waals surface area (Å²) >= 11 is 3.40. The molecule has 1 aromatic carbocycles. The van der Waals surface area contributed by atoms with E-state index in [1.165, 1.54) is 12.1 Å². The van der Waals surface area contributed by atoms with Gasteiger partial charge >= 0.3 is 0 Å². The Hall–Kier alpha value is -1.36. The first-order chi connectivity index (χ1) is 8.19. The van der Waals surface area contributed by atoms with Crippen LogP contribution in [-0.2, 0) is 13.1 Å². The standard InChI is InChI=1S/C12H13BrFN3/c1-2-17-8-11(7-16-17)15-6-9-5-10(14)3-4-12(9)13/h3-5,7-8,15H,2,6H2,1H3. The number of aryl methyl sites for hydroxylation is 1. The van der Waals surface area contributed by atoms with Crippen LogP contribution in [0.3, 0.4) is 0 Å². The fourth-order valence-corrected chi connectivity index (χ4v) is 1.89. The lowest BCUT2D eigenvalue weighted by Crippen LogP contribution is -2.00. The van der Waals surface area contributed by atoms with Crippen LogP contribution in [-0.4, -0.2) is 9.78 Å². The Morgan fingerprint density at radius 2 is 2.29 bits per heavy atom. The normalized spacial score (nSPS) is 10.5. The van der Waals surface area contributed by atoms with E-state index in [4.69, 9.17) is 0 Å². The van der Waals surface area contributed by atoms with Gasteiger partial charge in [-0.2, -0.15) is 5.10 Å². The van der Waals surface area contributed by atoms with Crippen molar-refractivity contribution in [2.75, 3.05) is 5.32 Å². The van der Waals surface area contributed by atoms with Crippen molar-refractivity contribution in [1.29, 1.82) is 0 Å². The number of nitrogens with zero attached hydrogens (tertiary/aromatic N) is 2. The molecule has 1 heterocycles. The van der Waals surface area contributed by atoms with E-state index in [9.17, 15) is 4.39 Å². The summed E-state index contributed by atoms with van der Waals surface area (Å²) < 4.78 is 15.8. The molecule has 0 aliphatic carbocycles. The highest BCUT2D eigenvalue weighted by atomic mass is 79.9. The van der Waals surface area contributed by atoms with Gasteiger partial charge < -0.3 is 5.32 Å². The first-order valence-electron chi connectivity index (χ1n) is 5.39. The topological polar surface area (TPSA) is 29.9 Å². The predicted octanol–water partition coefficient (Wildman–Crippen LogP) is 3.42. The van der Waals surface area contributed by atoms with Crippen molar-refractivity contribution in [2.24, 2.45) is 0 Å². The monoisotopic (exact) mass is 297 g/mol. The summed E-state index contributed by atoms with van der Waals surface area (Å²) in [6, 6.07) is 4.66. The van der Waals surface area contributed by atoms with Gasteiger partial charge in [0.15, 0.2) is 0 Å². The first-order valence-corrected chi connectivity index (χ1v) is 6.18. The van der Waals surface area contributed by atoms with Crippen LogP contribution in [0.4, 0.5) is 10.1 Å². The lowest BCUT2D eigenvalue weighted by Gasteiger charge is -2.06. The van der Waals surface area contributed by atoms with Gasteiger partial charge in [-0.15, -0.1) is 0 Å². The van der Waals surface area contributed by atoms with Gasteiger partial charge in [0.1, 0.15) is 5.82 Å². The van der Waals surface area contributed by atoms with Gasteiger partial charge in [0.25, 0.3) is 0 Å². The van der Waals surface area contributed by atoms with Gasteiger partial charge in [-0.05, 0) is 30.7 Å². The lowest BCUT2D eigenvalue weighted by atomic mass is 10.2.